The van der Waals surface area contributed by atoms with E-state index in [9.17, 15) is 9.59 Å². The van der Waals surface area contributed by atoms with Crippen LogP contribution in [0.3, 0.4) is 0 Å². The highest BCUT2D eigenvalue weighted by atomic mass is 16.2. The van der Waals surface area contributed by atoms with E-state index in [1.54, 1.807) is 24.3 Å². The van der Waals surface area contributed by atoms with Gasteiger partial charge in [0.1, 0.15) is 6.17 Å². The van der Waals surface area contributed by atoms with Gasteiger partial charge in [0, 0.05) is 5.56 Å². The monoisotopic (exact) mass is 234 g/mol. The van der Waals surface area contributed by atoms with Gasteiger partial charge in [0.25, 0.3) is 5.91 Å². The molecule has 1 rings (SSSR count). The lowest BCUT2D eigenvalue weighted by atomic mass is 10.1. The zero-order valence-electron chi connectivity index (χ0n) is 10.1. The van der Waals surface area contributed by atoms with Crippen LogP contribution in [0.2, 0.25) is 0 Å². The van der Waals surface area contributed by atoms with Gasteiger partial charge in [-0.15, -0.1) is 0 Å². The highest BCUT2D eigenvalue weighted by molar-refractivity contribution is 5.94. The zero-order valence-corrected chi connectivity index (χ0v) is 10.1. The second-order valence-electron chi connectivity index (χ2n) is 4.31. The SMILES string of the molecule is CC(C)C[C@@H](NC=O)NC(=O)c1ccccc1. The lowest BCUT2D eigenvalue weighted by Gasteiger charge is -2.19. The summed E-state index contributed by atoms with van der Waals surface area (Å²) in [4.78, 5) is 22.3. The van der Waals surface area contributed by atoms with Crippen molar-refractivity contribution in [1.82, 2.24) is 10.6 Å². The summed E-state index contributed by atoms with van der Waals surface area (Å²) in [7, 11) is 0. The molecule has 0 aliphatic carbocycles. The summed E-state index contributed by atoms with van der Waals surface area (Å²) in [6.45, 7) is 4.07. The molecule has 0 heterocycles. The van der Waals surface area contributed by atoms with Crippen LogP contribution >= 0.6 is 0 Å². The fourth-order valence-electron chi connectivity index (χ4n) is 1.55. The van der Waals surface area contributed by atoms with Crippen molar-refractivity contribution < 1.29 is 9.59 Å². The average molecular weight is 234 g/mol. The van der Waals surface area contributed by atoms with Gasteiger partial charge in [-0.25, -0.2) is 0 Å². The number of hydrogen-bond acceptors (Lipinski definition) is 2. The maximum Gasteiger partial charge on any atom is 0.252 e. The standard InChI is InChI=1S/C13H18N2O2/c1-10(2)8-12(14-9-16)15-13(17)11-6-4-3-5-7-11/h3-7,9-10,12H,8H2,1-2H3,(H,14,16)(H,15,17)/t12-/m0/s1. The predicted molar refractivity (Wildman–Crippen MR) is 66.4 cm³/mol. The van der Waals surface area contributed by atoms with Gasteiger partial charge in [-0.1, -0.05) is 32.0 Å². The van der Waals surface area contributed by atoms with E-state index in [0.29, 0.717) is 24.3 Å². The minimum atomic E-state index is -0.319. The molecule has 0 radical (unpaired) electrons. The van der Waals surface area contributed by atoms with Crippen LogP contribution in [-0.2, 0) is 4.79 Å². The van der Waals surface area contributed by atoms with E-state index in [2.05, 4.69) is 10.6 Å². The topological polar surface area (TPSA) is 58.2 Å². The van der Waals surface area contributed by atoms with Crippen molar-refractivity contribution in [3.63, 3.8) is 0 Å². The van der Waals surface area contributed by atoms with Crippen molar-refractivity contribution in [1.29, 1.82) is 0 Å². The molecule has 4 heteroatoms. The van der Waals surface area contributed by atoms with Gasteiger partial charge in [-0.05, 0) is 24.5 Å². The van der Waals surface area contributed by atoms with Crippen LogP contribution in [0.15, 0.2) is 30.3 Å². The molecule has 4 nitrogen and oxygen atoms in total. The van der Waals surface area contributed by atoms with Crippen molar-refractivity contribution >= 4 is 12.3 Å². The maximum absolute atomic E-state index is 11.8. The van der Waals surface area contributed by atoms with E-state index in [1.165, 1.54) is 0 Å². The Balaban J connectivity index is 2.60. The highest BCUT2D eigenvalue weighted by Crippen LogP contribution is 2.04. The van der Waals surface area contributed by atoms with Gasteiger partial charge in [0.2, 0.25) is 6.41 Å². The van der Waals surface area contributed by atoms with Crippen LogP contribution in [0, 0.1) is 5.92 Å². The van der Waals surface area contributed by atoms with Gasteiger partial charge >= 0.3 is 0 Å². The van der Waals surface area contributed by atoms with Crippen molar-refractivity contribution in [2.45, 2.75) is 26.4 Å². The van der Waals surface area contributed by atoms with E-state index in [1.807, 2.05) is 19.9 Å². The molecule has 0 aromatic heterocycles. The predicted octanol–water partition coefficient (Wildman–Crippen LogP) is 1.53. The summed E-state index contributed by atoms with van der Waals surface area (Å²) >= 11 is 0. The first-order chi connectivity index (χ1) is 8.13. The molecule has 92 valence electrons. The van der Waals surface area contributed by atoms with E-state index in [4.69, 9.17) is 0 Å². The fourth-order valence-corrected chi connectivity index (χ4v) is 1.55. The van der Waals surface area contributed by atoms with Gasteiger partial charge in [0.05, 0.1) is 0 Å². The molecule has 0 unspecified atom stereocenters. The number of carbonyl (C=O) groups is 2. The van der Waals surface area contributed by atoms with E-state index in [-0.39, 0.29) is 12.1 Å². The minimum Gasteiger partial charge on any atom is -0.339 e. The molecule has 17 heavy (non-hydrogen) atoms. The molecule has 0 spiro atoms. The minimum absolute atomic E-state index is 0.175. The smallest absolute Gasteiger partial charge is 0.252 e. The van der Waals surface area contributed by atoms with Crippen LogP contribution in [0.1, 0.15) is 30.6 Å². The number of nitrogens with one attached hydrogen (secondary N) is 2. The third-order valence-electron chi connectivity index (χ3n) is 2.32. The van der Waals surface area contributed by atoms with Gasteiger partial charge in [-0.3, -0.25) is 9.59 Å². The molecular weight excluding hydrogens is 216 g/mol. The molecular formula is C13H18N2O2. The fraction of sp³-hybridized carbons (Fsp3) is 0.385. The first-order valence-corrected chi connectivity index (χ1v) is 5.69. The zero-order chi connectivity index (χ0) is 12.7. The van der Waals surface area contributed by atoms with Gasteiger partial charge < -0.3 is 10.6 Å². The molecule has 1 aromatic carbocycles. The normalized spacial score (nSPS) is 11.9. The van der Waals surface area contributed by atoms with E-state index >= 15 is 0 Å². The first kappa shape index (κ1) is 13.2. The Hall–Kier alpha value is -1.84. The molecule has 0 fully saturated rings. The summed E-state index contributed by atoms with van der Waals surface area (Å²) in [6.07, 6.45) is 0.996. The highest BCUT2D eigenvalue weighted by Gasteiger charge is 2.13. The van der Waals surface area contributed by atoms with E-state index in [0.717, 1.165) is 0 Å². The van der Waals surface area contributed by atoms with Gasteiger partial charge in [-0.2, -0.15) is 0 Å². The number of amides is 2. The van der Waals surface area contributed by atoms with Crippen LogP contribution < -0.4 is 10.6 Å². The third kappa shape index (κ3) is 4.68. The number of rotatable bonds is 6. The lowest BCUT2D eigenvalue weighted by Crippen LogP contribution is -2.45. The van der Waals surface area contributed by atoms with Crippen LogP contribution in [0.5, 0.6) is 0 Å². The maximum atomic E-state index is 11.8. The van der Waals surface area contributed by atoms with Crippen molar-refractivity contribution in [2.75, 3.05) is 0 Å². The molecule has 0 aliphatic rings. The van der Waals surface area contributed by atoms with Crippen LogP contribution in [0.4, 0.5) is 0 Å². The van der Waals surface area contributed by atoms with Gasteiger partial charge in [0.15, 0.2) is 0 Å². The third-order valence-corrected chi connectivity index (χ3v) is 2.32. The van der Waals surface area contributed by atoms with Crippen molar-refractivity contribution in [2.24, 2.45) is 5.92 Å². The second kappa shape index (κ2) is 6.68. The summed E-state index contributed by atoms with van der Waals surface area (Å²) < 4.78 is 0. The molecule has 0 aliphatic heterocycles. The molecule has 0 saturated carbocycles. The molecule has 0 saturated heterocycles. The second-order valence-corrected chi connectivity index (χ2v) is 4.31. The molecule has 1 aromatic rings. The Morgan fingerprint density at radius 3 is 2.47 bits per heavy atom. The number of benzene rings is 1. The Morgan fingerprint density at radius 1 is 1.29 bits per heavy atom. The molecule has 1 atom stereocenters. The molecule has 2 N–H and O–H groups in total. The number of carbonyl (C=O) groups excluding carboxylic acids is 2. The quantitative estimate of drug-likeness (QED) is 0.579. The lowest BCUT2D eigenvalue weighted by molar-refractivity contribution is -0.110. The van der Waals surface area contributed by atoms with Crippen LogP contribution in [-0.4, -0.2) is 18.5 Å². The average Bonchev–Trinajstić information content (AvgIpc) is 2.29. The van der Waals surface area contributed by atoms with Crippen molar-refractivity contribution in [3.8, 4) is 0 Å². The first-order valence-electron chi connectivity index (χ1n) is 5.69. The molecule has 0 bridgehead atoms. The Labute approximate surface area is 101 Å². The summed E-state index contributed by atoms with van der Waals surface area (Å²) in [6, 6.07) is 8.94. The Morgan fingerprint density at radius 2 is 1.94 bits per heavy atom. The Kier molecular flexibility index (Phi) is 5.20. The number of hydrogen-bond donors (Lipinski definition) is 2. The summed E-state index contributed by atoms with van der Waals surface area (Å²) in [5, 5.41) is 5.39. The van der Waals surface area contributed by atoms with Crippen LogP contribution in [0.25, 0.3) is 0 Å². The summed E-state index contributed by atoms with van der Waals surface area (Å²) in [5.74, 6) is 0.217. The largest absolute Gasteiger partial charge is 0.339 e. The molecule has 2 amide bonds. The summed E-state index contributed by atoms with van der Waals surface area (Å²) in [5.41, 5.74) is 0.592. The Bertz CT molecular complexity index is 363. The van der Waals surface area contributed by atoms with Crippen molar-refractivity contribution in [3.05, 3.63) is 35.9 Å². The van der Waals surface area contributed by atoms with E-state index < -0.39 is 0 Å².